The molecule has 1 heterocycles. The van der Waals surface area contributed by atoms with E-state index in [4.69, 9.17) is 0 Å². The summed E-state index contributed by atoms with van der Waals surface area (Å²) in [7, 11) is 0. The van der Waals surface area contributed by atoms with E-state index in [1.165, 1.54) is 43.1 Å². The van der Waals surface area contributed by atoms with Gasteiger partial charge >= 0.3 is 0 Å². The van der Waals surface area contributed by atoms with Gasteiger partial charge in [0.05, 0.1) is 5.52 Å². The van der Waals surface area contributed by atoms with Crippen molar-refractivity contribution in [1.82, 2.24) is 4.98 Å². The topological polar surface area (TPSA) is 12.9 Å². The van der Waals surface area contributed by atoms with E-state index in [1.807, 2.05) is 6.07 Å². The zero-order valence-corrected chi connectivity index (χ0v) is 10.7. The molecular weight excluding hydrogens is 218 g/mol. The van der Waals surface area contributed by atoms with E-state index in [-0.39, 0.29) is 0 Å². The maximum atomic E-state index is 4.58. The molecule has 0 aliphatic heterocycles. The monoisotopic (exact) mass is 237 g/mol. The van der Waals surface area contributed by atoms with Gasteiger partial charge in [-0.3, -0.25) is 4.98 Å². The largest absolute Gasteiger partial charge is 0.256 e. The van der Waals surface area contributed by atoms with Crippen LogP contribution in [0.3, 0.4) is 0 Å². The molecule has 0 fully saturated rings. The summed E-state index contributed by atoms with van der Waals surface area (Å²) in [5.41, 5.74) is 2.46. The zero-order chi connectivity index (χ0) is 12.2. The number of fused-ring (bicyclic) bond motifs is 1. The lowest BCUT2D eigenvalue weighted by Crippen LogP contribution is -1.98. The first-order valence-corrected chi connectivity index (χ1v) is 6.95. The second-order valence-electron chi connectivity index (χ2n) is 5.13. The van der Waals surface area contributed by atoms with Gasteiger partial charge in [-0.2, -0.15) is 0 Å². The van der Waals surface area contributed by atoms with Crippen LogP contribution in [0.2, 0.25) is 0 Å². The summed E-state index contributed by atoms with van der Waals surface area (Å²) in [6, 6.07) is 10.7. The van der Waals surface area contributed by atoms with Gasteiger partial charge in [-0.05, 0) is 37.0 Å². The highest BCUT2D eigenvalue weighted by Crippen LogP contribution is 2.27. The van der Waals surface area contributed by atoms with Crippen LogP contribution < -0.4 is 0 Å². The van der Waals surface area contributed by atoms with Crippen LogP contribution in [0.25, 0.3) is 10.9 Å². The molecule has 2 aromatic rings. The first-order chi connectivity index (χ1) is 8.93. The Hall–Kier alpha value is -1.63. The minimum Gasteiger partial charge on any atom is -0.256 e. The molecule has 0 saturated heterocycles. The van der Waals surface area contributed by atoms with E-state index in [0.717, 1.165) is 5.52 Å². The fourth-order valence-electron chi connectivity index (χ4n) is 2.73. The van der Waals surface area contributed by atoms with E-state index in [9.17, 15) is 0 Å². The van der Waals surface area contributed by atoms with E-state index in [2.05, 4.69) is 47.6 Å². The van der Waals surface area contributed by atoms with Crippen LogP contribution in [0.5, 0.6) is 0 Å². The predicted molar refractivity (Wildman–Crippen MR) is 76.7 cm³/mol. The molecule has 1 aromatic carbocycles. The third-order valence-corrected chi connectivity index (χ3v) is 3.79. The number of rotatable bonds is 1. The maximum Gasteiger partial charge on any atom is 0.0702 e. The lowest BCUT2D eigenvalue weighted by molar-refractivity contribution is 0.597. The van der Waals surface area contributed by atoms with E-state index < -0.39 is 0 Å². The third kappa shape index (κ3) is 2.45. The van der Waals surface area contributed by atoms with E-state index in [1.54, 1.807) is 0 Å². The molecule has 0 amide bonds. The molecule has 1 aliphatic rings. The number of benzene rings is 1. The number of hydrogen-bond donors (Lipinski definition) is 0. The van der Waals surface area contributed by atoms with Gasteiger partial charge in [0, 0.05) is 17.5 Å². The van der Waals surface area contributed by atoms with Crippen LogP contribution in [-0.4, -0.2) is 4.98 Å². The van der Waals surface area contributed by atoms with Crippen LogP contribution in [0.1, 0.15) is 43.6 Å². The number of pyridine rings is 1. The standard InChI is InChI=1S/C17H19N/c1-2-4-8-14(9-5-3-1)16-12-15-10-6-7-11-17(15)18-13-16/h4,6-8,10-14H,1-3,5,9H2/b8-4-. The molecule has 0 spiro atoms. The summed E-state index contributed by atoms with van der Waals surface area (Å²) in [5, 5.41) is 1.26. The van der Waals surface area contributed by atoms with Crippen molar-refractivity contribution in [1.29, 1.82) is 0 Å². The van der Waals surface area contributed by atoms with Gasteiger partial charge in [-0.25, -0.2) is 0 Å². The predicted octanol–water partition coefficient (Wildman–Crippen LogP) is 4.84. The molecule has 1 atom stereocenters. The zero-order valence-electron chi connectivity index (χ0n) is 10.7. The van der Waals surface area contributed by atoms with Crippen LogP contribution in [-0.2, 0) is 0 Å². The van der Waals surface area contributed by atoms with Gasteiger partial charge in [-0.1, -0.05) is 43.2 Å². The van der Waals surface area contributed by atoms with Gasteiger partial charge in [0.2, 0.25) is 0 Å². The summed E-state index contributed by atoms with van der Waals surface area (Å²) in [6.07, 6.45) is 13.3. The van der Waals surface area contributed by atoms with Crippen molar-refractivity contribution < 1.29 is 0 Å². The molecule has 18 heavy (non-hydrogen) atoms. The smallest absolute Gasteiger partial charge is 0.0702 e. The highest BCUT2D eigenvalue weighted by atomic mass is 14.6. The Morgan fingerprint density at radius 1 is 1.06 bits per heavy atom. The van der Waals surface area contributed by atoms with Gasteiger partial charge in [0.15, 0.2) is 0 Å². The van der Waals surface area contributed by atoms with E-state index >= 15 is 0 Å². The fourth-order valence-corrected chi connectivity index (χ4v) is 2.73. The Morgan fingerprint density at radius 2 is 2.00 bits per heavy atom. The normalized spacial score (nSPS) is 22.3. The number of para-hydroxylation sites is 1. The molecule has 92 valence electrons. The quantitative estimate of drug-likeness (QED) is 0.647. The summed E-state index contributed by atoms with van der Waals surface area (Å²) in [4.78, 5) is 4.58. The van der Waals surface area contributed by atoms with Gasteiger partial charge in [0.1, 0.15) is 0 Å². The van der Waals surface area contributed by atoms with Gasteiger partial charge < -0.3 is 0 Å². The molecule has 0 N–H and O–H groups in total. The molecule has 1 aromatic heterocycles. The van der Waals surface area contributed by atoms with Crippen molar-refractivity contribution in [2.75, 3.05) is 0 Å². The SMILES string of the molecule is C1=C\C(c2cnc3ccccc3c2)CCCCC/1. The average molecular weight is 237 g/mol. The molecule has 1 aliphatic carbocycles. The maximum absolute atomic E-state index is 4.58. The number of nitrogens with zero attached hydrogens (tertiary/aromatic N) is 1. The summed E-state index contributed by atoms with van der Waals surface area (Å²) in [6.45, 7) is 0. The van der Waals surface area contributed by atoms with Crippen molar-refractivity contribution in [3.8, 4) is 0 Å². The first-order valence-electron chi connectivity index (χ1n) is 6.95. The van der Waals surface area contributed by atoms with Crippen LogP contribution >= 0.6 is 0 Å². The van der Waals surface area contributed by atoms with Crippen molar-refractivity contribution in [3.63, 3.8) is 0 Å². The van der Waals surface area contributed by atoms with Crippen molar-refractivity contribution >= 4 is 10.9 Å². The molecule has 0 radical (unpaired) electrons. The number of aromatic nitrogens is 1. The van der Waals surface area contributed by atoms with Crippen molar-refractivity contribution in [2.45, 2.75) is 38.0 Å². The Morgan fingerprint density at radius 3 is 3.00 bits per heavy atom. The van der Waals surface area contributed by atoms with Crippen LogP contribution in [0, 0.1) is 0 Å². The van der Waals surface area contributed by atoms with Gasteiger partial charge in [-0.15, -0.1) is 0 Å². The summed E-state index contributed by atoms with van der Waals surface area (Å²) in [5.74, 6) is 0.558. The Labute approximate surface area is 109 Å². The molecule has 0 saturated carbocycles. The first kappa shape index (κ1) is 11.5. The minimum absolute atomic E-state index is 0.558. The van der Waals surface area contributed by atoms with Crippen LogP contribution in [0.4, 0.5) is 0 Å². The fraction of sp³-hybridized carbons (Fsp3) is 0.353. The number of hydrogen-bond acceptors (Lipinski definition) is 1. The third-order valence-electron chi connectivity index (χ3n) is 3.79. The molecule has 1 heteroatoms. The van der Waals surface area contributed by atoms with Gasteiger partial charge in [0.25, 0.3) is 0 Å². The molecule has 3 rings (SSSR count). The van der Waals surface area contributed by atoms with E-state index in [0.29, 0.717) is 5.92 Å². The highest BCUT2D eigenvalue weighted by Gasteiger charge is 2.10. The number of allylic oxidation sites excluding steroid dienone is 2. The molecular formula is C17H19N. The second-order valence-corrected chi connectivity index (χ2v) is 5.13. The Kier molecular flexibility index (Phi) is 3.40. The summed E-state index contributed by atoms with van der Waals surface area (Å²) < 4.78 is 0. The lowest BCUT2D eigenvalue weighted by Gasteiger charge is -2.15. The lowest BCUT2D eigenvalue weighted by atomic mass is 9.91. The van der Waals surface area contributed by atoms with Crippen LogP contribution in [0.15, 0.2) is 48.7 Å². The minimum atomic E-state index is 0.558. The molecule has 1 nitrogen and oxygen atoms in total. The second kappa shape index (κ2) is 5.34. The highest BCUT2D eigenvalue weighted by molar-refractivity contribution is 5.78. The summed E-state index contributed by atoms with van der Waals surface area (Å²) >= 11 is 0. The Balaban J connectivity index is 1.94. The molecule has 1 unspecified atom stereocenters. The van der Waals surface area contributed by atoms with Crippen molar-refractivity contribution in [3.05, 3.63) is 54.2 Å². The average Bonchev–Trinajstić information content (AvgIpc) is 2.38. The molecule has 0 bridgehead atoms. The van der Waals surface area contributed by atoms with Crippen molar-refractivity contribution in [2.24, 2.45) is 0 Å². The Bertz CT molecular complexity index is 556.